The Kier molecular flexibility index (Phi) is 4.96. The normalized spacial score (nSPS) is 13.9. The predicted molar refractivity (Wildman–Crippen MR) is 117 cm³/mol. The molecule has 0 spiro atoms. The SMILES string of the molecule is Cc1ccc(C2=C(Nc3cccc(F)c3)C(=O)N(c3ccc(C)c(C)c3)C2=O)cc1. The predicted octanol–water partition coefficient (Wildman–Crippen LogP) is 5.15. The summed E-state index contributed by atoms with van der Waals surface area (Å²) in [5.41, 5.74) is 5.03. The molecule has 2 amide bonds. The van der Waals surface area contributed by atoms with Crippen LogP contribution in [0.4, 0.5) is 15.8 Å². The second-order valence-corrected chi connectivity index (χ2v) is 7.47. The zero-order valence-electron chi connectivity index (χ0n) is 17.0. The fourth-order valence-corrected chi connectivity index (χ4v) is 3.44. The van der Waals surface area contributed by atoms with Crippen LogP contribution in [0.1, 0.15) is 22.3 Å². The van der Waals surface area contributed by atoms with Crippen LogP contribution in [0.5, 0.6) is 0 Å². The molecular weight excluding hydrogens is 379 g/mol. The number of imide groups is 1. The summed E-state index contributed by atoms with van der Waals surface area (Å²) < 4.78 is 13.7. The van der Waals surface area contributed by atoms with Crippen LogP contribution >= 0.6 is 0 Å². The topological polar surface area (TPSA) is 49.4 Å². The van der Waals surface area contributed by atoms with E-state index in [1.807, 2.05) is 57.2 Å². The molecule has 4 rings (SSSR count). The molecule has 150 valence electrons. The van der Waals surface area contributed by atoms with E-state index in [-0.39, 0.29) is 11.3 Å². The van der Waals surface area contributed by atoms with Gasteiger partial charge in [0, 0.05) is 5.69 Å². The maximum absolute atomic E-state index is 13.7. The average Bonchev–Trinajstić information content (AvgIpc) is 2.95. The van der Waals surface area contributed by atoms with E-state index in [1.165, 1.54) is 17.0 Å². The third-order valence-corrected chi connectivity index (χ3v) is 5.27. The summed E-state index contributed by atoms with van der Waals surface area (Å²) in [6.07, 6.45) is 0. The molecule has 1 heterocycles. The first-order valence-electron chi connectivity index (χ1n) is 9.65. The minimum Gasteiger partial charge on any atom is -0.350 e. The zero-order chi connectivity index (χ0) is 21.4. The summed E-state index contributed by atoms with van der Waals surface area (Å²) in [7, 11) is 0. The van der Waals surface area contributed by atoms with Crippen molar-refractivity contribution in [1.82, 2.24) is 0 Å². The summed E-state index contributed by atoms with van der Waals surface area (Å²) in [5, 5.41) is 2.98. The van der Waals surface area contributed by atoms with E-state index in [4.69, 9.17) is 0 Å². The van der Waals surface area contributed by atoms with Gasteiger partial charge in [0.05, 0.1) is 11.3 Å². The number of hydrogen-bond donors (Lipinski definition) is 1. The van der Waals surface area contributed by atoms with Crippen molar-refractivity contribution in [3.8, 4) is 0 Å². The van der Waals surface area contributed by atoms with Crippen molar-refractivity contribution in [2.45, 2.75) is 20.8 Å². The van der Waals surface area contributed by atoms with Crippen LogP contribution in [0.15, 0.2) is 72.4 Å². The third kappa shape index (κ3) is 3.50. The minimum absolute atomic E-state index is 0.132. The van der Waals surface area contributed by atoms with Crippen LogP contribution in [-0.4, -0.2) is 11.8 Å². The lowest BCUT2D eigenvalue weighted by Crippen LogP contribution is -2.32. The molecule has 1 aliphatic heterocycles. The van der Waals surface area contributed by atoms with E-state index in [9.17, 15) is 14.0 Å². The Balaban J connectivity index is 1.83. The largest absolute Gasteiger partial charge is 0.350 e. The van der Waals surface area contributed by atoms with Gasteiger partial charge < -0.3 is 5.32 Å². The van der Waals surface area contributed by atoms with Crippen molar-refractivity contribution >= 4 is 28.8 Å². The molecule has 0 atom stereocenters. The summed E-state index contributed by atoms with van der Waals surface area (Å²) in [5.74, 6) is -1.31. The van der Waals surface area contributed by atoms with Crippen LogP contribution in [0.25, 0.3) is 5.57 Å². The number of aryl methyl sites for hydroxylation is 3. The van der Waals surface area contributed by atoms with Gasteiger partial charge in [0.25, 0.3) is 11.8 Å². The lowest BCUT2D eigenvalue weighted by molar-refractivity contribution is -0.120. The Hall–Kier alpha value is -3.73. The van der Waals surface area contributed by atoms with Gasteiger partial charge in [0.15, 0.2) is 0 Å². The van der Waals surface area contributed by atoms with Crippen LogP contribution in [0, 0.1) is 26.6 Å². The molecule has 5 heteroatoms. The molecule has 0 saturated heterocycles. The number of nitrogens with zero attached hydrogens (tertiary/aromatic N) is 1. The second-order valence-electron chi connectivity index (χ2n) is 7.47. The Morgan fingerprint density at radius 3 is 2.20 bits per heavy atom. The van der Waals surface area contributed by atoms with Crippen molar-refractivity contribution in [3.05, 3.63) is 100 Å². The van der Waals surface area contributed by atoms with E-state index < -0.39 is 17.6 Å². The summed E-state index contributed by atoms with van der Waals surface area (Å²) in [6, 6.07) is 18.7. The molecule has 3 aromatic rings. The maximum atomic E-state index is 13.7. The van der Waals surface area contributed by atoms with Crippen LogP contribution in [0.3, 0.4) is 0 Å². The molecule has 0 aromatic heterocycles. The van der Waals surface area contributed by atoms with E-state index in [0.717, 1.165) is 16.7 Å². The van der Waals surface area contributed by atoms with Gasteiger partial charge in [-0.1, -0.05) is 42.0 Å². The van der Waals surface area contributed by atoms with Gasteiger partial charge in [0.2, 0.25) is 0 Å². The Morgan fingerprint density at radius 1 is 0.800 bits per heavy atom. The maximum Gasteiger partial charge on any atom is 0.282 e. The van der Waals surface area contributed by atoms with Crippen molar-refractivity contribution < 1.29 is 14.0 Å². The smallest absolute Gasteiger partial charge is 0.282 e. The number of benzene rings is 3. The molecule has 3 aromatic carbocycles. The summed E-state index contributed by atoms with van der Waals surface area (Å²) >= 11 is 0. The van der Waals surface area contributed by atoms with Gasteiger partial charge in [-0.2, -0.15) is 0 Å². The highest BCUT2D eigenvalue weighted by atomic mass is 19.1. The van der Waals surface area contributed by atoms with E-state index >= 15 is 0 Å². The standard InChI is InChI=1S/C25H21FN2O2/c1-15-7-10-18(11-8-15)22-23(27-20-6-4-5-19(26)14-20)25(30)28(24(22)29)21-12-9-16(2)17(3)13-21/h4-14,27H,1-3H3. The summed E-state index contributed by atoms with van der Waals surface area (Å²) in [6.45, 7) is 5.86. The number of carbonyl (C=O) groups excluding carboxylic acids is 2. The van der Waals surface area contributed by atoms with Crippen LogP contribution in [0.2, 0.25) is 0 Å². The van der Waals surface area contributed by atoms with E-state index in [2.05, 4.69) is 5.32 Å². The average molecular weight is 400 g/mol. The van der Waals surface area contributed by atoms with Crippen molar-refractivity contribution in [2.75, 3.05) is 10.2 Å². The molecule has 0 aliphatic carbocycles. The first kappa shape index (κ1) is 19.6. The molecule has 0 radical (unpaired) electrons. The fourth-order valence-electron chi connectivity index (χ4n) is 3.44. The van der Waals surface area contributed by atoms with Gasteiger partial charge in [-0.15, -0.1) is 0 Å². The molecule has 0 unspecified atom stereocenters. The highest BCUT2D eigenvalue weighted by Gasteiger charge is 2.40. The summed E-state index contributed by atoms with van der Waals surface area (Å²) in [4.78, 5) is 27.9. The van der Waals surface area contributed by atoms with E-state index in [1.54, 1.807) is 18.2 Å². The highest BCUT2D eigenvalue weighted by molar-refractivity contribution is 6.46. The zero-order valence-corrected chi connectivity index (χ0v) is 17.0. The fraction of sp³-hybridized carbons (Fsp3) is 0.120. The first-order chi connectivity index (χ1) is 14.3. The van der Waals surface area contributed by atoms with Crippen molar-refractivity contribution in [2.24, 2.45) is 0 Å². The number of nitrogens with one attached hydrogen (secondary N) is 1. The van der Waals surface area contributed by atoms with Crippen LogP contribution < -0.4 is 10.2 Å². The van der Waals surface area contributed by atoms with Gasteiger partial charge in [-0.05, 0) is 67.8 Å². The Labute approximate surface area is 174 Å². The molecular formula is C25H21FN2O2. The lowest BCUT2D eigenvalue weighted by Gasteiger charge is -2.17. The minimum atomic E-state index is -0.469. The molecule has 0 fully saturated rings. The van der Waals surface area contributed by atoms with E-state index in [0.29, 0.717) is 16.9 Å². The third-order valence-electron chi connectivity index (χ3n) is 5.27. The van der Waals surface area contributed by atoms with Gasteiger partial charge in [-0.25, -0.2) is 9.29 Å². The van der Waals surface area contributed by atoms with Gasteiger partial charge >= 0.3 is 0 Å². The lowest BCUT2D eigenvalue weighted by atomic mass is 10.0. The molecule has 1 aliphatic rings. The van der Waals surface area contributed by atoms with Gasteiger partial charge in [0.1, 0.15) is 11.5 Å². The molecule has 30 heavy (non-hydrogen) atoms. The number of anilines is 2. The molecule has 1 N–H and O–H groups in total. The molecule has 0 saturated carbocycles. The quantitative estimate of drug-likeness (QED) is 0.617. The Bertz CT molecular complexity index is 1200. The molecule has 4 nitrogen and oxygen atoms in total. The van der Waals surface area contributed by atoms with Crippen LogP contribution in [-0.2, 0) is 9.59 Å². The van der Waals surface area contributed by atoms with Crippen molar-refractivity contribution in [3.63, 3.8) is 0 Å². The number of amides is 2. The Morgan fingerprint density at radius 2 is 1.53 bits per heavy atom. The highest BCUT2D eigenvalue weighted by Crippen LogP contribution is 2.34. The monoisotopic (exact) mass is 400 g/mol. The number of carbonyl (C=O) groups is 2. The second kappa shape index (κ2) is 7.59. The number of rotatable bonds is 4. The van der Waals surface area contributed by atoms with Crippen molar-refractivity contribution in [1.29, 1.82) is 0 Å². The number of hydrogen-bond acceptors (Lipinski definition) is 3. The number of halogens is 1. The molecule has 0 bridgehead atoms. The van der Waals surface area contributed by atoms with Gasteiger partial charge in [-0.3, -0.25) is 9.59 Å². The first-order valence-corrected chi connectivity index (χ1v) is 9.65.